The van der Waals surface area contributed by atoms with Crippen LogP contribution in [0.25, 0.3) is 0 Å². The summed E-state index contributed by atoms with van der Waals surface area (Å²) < 4.78 is 106. The smallest absolute Gasteiger partial charge is 0.400 e. The first-order valence-corrected chi connectivity index (χ1v) is 14.2. The lowest BCUT2D eigenvalue weighted by Crippen LogP contribution is -2.28. The summed E-state index contributed by atoms with van der Waals surface area (Å²) in [6.07, 6.45) is 5.48. The number of hydrogen-bond acceptors (Lipinski definition) is 8. The van der Waals surface area contributed by atoms with Crippen molar-refractivity contribution in [2.24, 2.45) is 0 Å². The molecule has 1 saturated heterocycles. The second kappa shape index (κ2) is 20.4. The van der Waals surface area contributed by atoms with E-state index in [9.17, 15) is 35.7 Å². The van der Waals surface area contributed by atoms with Gasteiger partial charge in [0.2, 0.25) is 0 Å². The fourth-order valence-electron chi connectivity index (χ4n) is 3.07. The average Bonchev–Trinajstić information content (AvgIpc) is 2.87. The van der Waals surface area contributed by atoms with E-state index >= 15 is 0 Å². The van der Waals surface area contributed by atoms with Crippen LogP contribution in [0.4, 0.5) is 26.3 Å². The first-order valence-electron chi connectivity index (χ1n) is 12.5. The monoisotopic (exact) mass is 612 g/mol. The van der Waals surface area contributed by atoms with Gasteiger partial charge < -0.3 is 24.1 Å². The lowest BCUT2D eigenvalue weighted by molar-refractivity contribution is -0.181. The summed E-state index contributed by atoms with van der Waals surface area (Å²) in [7, 11) is -3.72. The van der Waals surface area contributed by atoms with Crippen molar-refractivity contribution in [1.82, 2.24) is 0 Å². The second-order valence-corrected chi connectivity index (χ2v) is 10.7. The molecule has 0 aliphatic carbocycles. The average molecular weight is 613 g/mol. The minimum atomic E-state index is -4.89. The molecule has 2 aliphatic rings. The Morgan fingerprint density at radius 1 is 1.02 bits per heavy atom. The molecule has 0 aromatic rings. The number of hydrogen-bond donors (Lipinski definition) is 1. The molecule has 1 N–H and O–H groups in total. The van der Waals surface area contributed by atoms with Crippen LogP contribution in [0.1, 0.15) is 46.0 Å². The van der Waals surface area contributed by atoms with Gasteiger partial charge in [0.25, 0.3) is 0 Å². The van der Waals surface area contributed by atoms with Crippen LogP contribution in [0.2, 0.25) is 0 Å². The van der Waals surface area contributed by atoms with E-state index in [0.717, 1.165) is 52.4 Å². The van der Waals surface area contributed by atoms with Gasteiger partial charge in [-0.2, -0.15) is 26.3 Å². The van der Waals surface area contributed by atoms with Crippen molar-refractivity contribution in [2.75, 3.05) is 39.7 Å². The Balaban J connectivity index is 0.000000733. The van der Waals surface area contributed by atoms with E-state index in [0.29, 0.717) is 6.10 Å². The van der Waals surface area contributed by atoms with Crippen LogP contribution in [0, 0.1) is 0 Å². The van der Waals surface area contributed by atoms with Crippen molar-refractivity contribution in [1.29, 1.82) is 0 Å². The topological polar surface area (TPSA) is 101 Å². The molecule has 0 aromatic heterocycles. The molecule has 3 unspecified atom stereocenters. The Hall–Kier alpha value is -1.54. The minimum absolute atomic E-state index is 0.144. The summed E-state index contributed by atoms with van der Waals surface area (Å²) in [5.41, 5.74) is 1.43. The Morgan fingerprint density at radius 3 is 2.10 bits per heavy atom. The molecular weight excluding hydrogens is 573 g/mol. The van der Waals surface area contributed by atoms with Crippen molar-refractivity contribution >= 4 is 13.9 Å². The lowest BCUT2D eigenvalue weighted by Gasteiger charge is -2.25. The van der Waals surface area contributed by atoms with E-state index in [1.54, 1.807) is 0 Å². The van der Waals surface area contributed by atoms with Gasteiger partial charge in [0, 0.05) is 7.11 Å². The Morgan fingerprint density at radius 2 is 1.60 bits per heavy atom. The quantitative estimate of drug-likeness (QED) is 0.0902. The van der Waals surface area contributed by atoms with Crippen LogP contribution in [0.15, 0.2) is 36.0 Å². The predicted molar refractivity (Wildman–Crippen MR) is 136 cm³/mol. The van der Waals surface area contributed by atoms with Crippen molar-refractivity contribution in [3.63, 3.8) is 0 Å². The Kier molecular flexibility index (Phi) is 19.6. The van der Waals surface area contributed by atoms with Crippen molar-refractivity contribution in [3.8, 4) is 0 Å². The number of aliphatic hydroxyl groups excluding tert-OH is 1. The maximum absolute atomic E-state index is 11.7. The highest BCUT2D eigenvalue weighted by Gasteiger charge is 2.38. The first kappa shape index (κ1) is 38.5. The normalized spacial score (nSPS) is 22.2. The fourth-order valence-corrected chi connectivity index (χ4v) is 4.22. The molecular formula is C25H39F6O8P. The van der Waals surface area contributed by atoms with Gasteiger partial charge >= 0.3 is 19.9 Å². The van der Waals surface area contributed by atoms with Crippen molar-refractivity contribution in [3.05, 3.63) is 36.0 Å². The van der Waals surface area contributed by atoms with Gasteiger partial charge in [0.1, 0.15) is 12.4 Å². The lowest BCUT2D eigenvalue weighted by atomic mass is 10.1. The van der Waals surface area contributed by atoms with Crippen LogP contribution in [0.3, 0.4) is 0 Å². The molecule has 8 nitrogen and oxygen atoms in total. The zero-order valence-electron chi connectivity index (χ0n) is 22.8. The third-order valence-electron chi connectivity index (χ3n) is 4.97. The molecule has 1 fully saturated rings. The molecule has 3 atom stereocenters. The van der Waals surface area contributed by atoms with Crippen LogP contribution < -0.4 is 0 Å². The highest BCUT2D eigenvalue weighted by molar-refractivity contribution is 7.54. The number of aliphatic hydroxyl groups is 1. The summed E-state index contributed by atoms with van der Waals surface area (Å²) in [6, 6.07) is 0. The molecule has 2 rings (SSSR count). The van der Waals surface area contributed by atoms with Gasteiger partial charge in [-0.3, -0.25) is 13.6 Å². The molecule has 0 amide bonds. The third kappa shape index (κ3) is 21.2. The van der Waals surface area contributed by atoms with Gasteiger partial charge in [-0.25, -0.2) is 0 Å². The molecule has 0 aromatic carbocycles. The largest absolute Gasteiger partial charge is 0.412 e. The van der Waals surface area contributed by atoms with E-state index in [2.05, 4.69) is 47.2 Å². The van der Waals surface area contributed by atoms with Gasteiger partial charge in [-0.15, -0.1) is 0 Å². The maximum atomic E-state index is 11.7. The highest BCUT2D eigenvalue weighted by Crippen LogP contribution is 2.49. The molecule has 0 bridgehead atoms. The third-order valence-corrected chi connectivity index (χ3v) is 6.61. The number of carbonyl (C=O) groups is 1. The molecule has 0 spiro atoms. The number of ether oxygens (including phenoxy) is 3. The summed E-state index contributed by atoms with van der Waals surface area (Å²) in [5, 5.41) is 7.00. The van der Waals surface area contributed by atoms with E-state index in [4.69, 9.17) is 19.3 Å². The van der Waals surface area contributed by atoms with Gasteiger partial charge in [-0.05, 0) is 52.0 Å². The van der Waals surface area contributed by atoms with E-state index in [1.807, 2.05) is 6.08 Å². The minimum Gasteiger partial charge on any atom is -0.400 e. The number of aldehydes is 1. The molecule has 234 valence electrons. The molecule has 15 heteroatoms. The van der Waals surface area contributed by atoms with Gasteiger partial charge in [0.15, 0.2) is 19.5 Å². The zero-order chi connectivity index (χ0) is 30.7. The number of alkyl halides is 6. The number of allylic oxidation sites excluding steroid dienone is 2. The van der Waals surface area contributed by atoms with Gasteiger partial charge in [0.05, 0.1) is 25.4 Å². The fraction of sp³-hybridized carbons (Fsp3) is 0.720. The van der Waals surface area contributed by atoms with Crippen molar-refractivity contribution in [2.45, 2.75) is 76.8 Å². The number of rotatable bonds is 12. The van der Waals surface area contributed by atoms with Crippen LogP contribution in [-0.4, -0.2) is 81.9 Å². The Bertz CT molecular complexity index is 807. The summed E-state index contributed by atoms with van der Waals surface area (Å²) in [5.74, 6) is 0. The summed E-state index contributed by atoms with van der Waals surface area (Å²) >= 11 is 0. The van der Waals surface area contributed by atoms with Crippen LogP contribution in [0.5, 0.6) is 0 Å². The molecule has 2 heterocycles. The summed E-state index contributed by atoms with van der Waals surface area (Å²) in [6.45, 7) is 1.70. The van der Waals surface area contributed by atoms with Crippen LogP contribution >= 0.6 is 7.60 Å². The molecule has 2 aliphatic heterocycles. The molecule has 0 saturated carbocycles. The van der Waals surface area contributed by atoms with Crippen molar-refractivity contribution < 1.29 is 64.1 Å². The highest BCUT2D eigenvalue weighted by atomic mass is 31.2. The van der Waals surface area contributed by atoms with E-state index in [-0.39, 0.29) is 18.7 Å². The first-order chi connectivity index (χ1) is 18.7. The standard InChI is InChI=1S/C18H28O3.C6H7F6O4P.CH4O/c1-15-10-12-19-17(14-15)8-6-4-3-5-7-9-18-20-13-11-16(2)21-18;7-5(8,9)3-15-17(14,2-1-13)16-4-6(10,11)12;1-2/h6-10,16-18H,3-5,11-14H2,1-2H3;1H,2-4H2;2H,1H3/b8-6+,9-7+;;. The molecule has 40 heavy (non-hydrogen) atoms. The predicted octanol–water partition coefficient (Wildman–Crippen LogP) is 6.30. The SMILES string of the molecule is CC1=CCOC(/C=C/CCC/C=C/C2OCCC(C)O2)C1.CO.O=CCP(=O)(OCC(F)(F)F)OCC(F)(F)F. The number of carbonyl (C=O) groups excluding carboxylic acids is 1. The van der Waals surface area contributed by atoms with Gasteiger partial charge in [-0.1, -0.05) is 29.9 Å². The van der Waals surface area contributed by atoms with Crippen LogP contribution in [-0.2, 0) is 32.6 Å². The molecule has 0 radical (unpaired) electrons. The number of halogens is 6. The second-order valence-electron chi connectivity index (χ2n) is 8.63. The van der Waals surface area contributed by atoms with E-state index < -0.39 is 39.3 Å². The zero-order valence-corrected chi connectivity index (χ0v) is 23.7. The van der Waals surface area contributed by atoms with E-state index in [1.165, 1.54) is 5.57 Å². The Labute approximate surface area is 230 Å². The maximum Gasteiger partial charge on any atom is 0.412 e. The number of unbranched alkanes of at least 4 members (excludes halogenated alkanes) is 2. The summed E-state index contributed by atoms with van der Waals surface area (Å²) in [4.78, 5) is 9.97.